The number of halogens is 2. The molecule has 98 valence electrons. The lowest BCUT2D eigenvalue weighted by Crippen LogP contribution is -2.15. The van der Waals surface area contributed by atoms with E-state index in [1.54, 1.807) is 0 Å². The number of benzene rings is 1. The summed E-state index contributed by atoms with van der Waals surface area (Å²) >= 11 is 9.45. The van der Waals surface area contributed by atoms with Crippen LogP contribution in [0, 0.1) is 0 Å². The van der Waals surface area contributed by atoms with Crippen LogP contribution in [0.2, 0.25) is 0 Å². The summed E-state index contributed by atoms with van der Waals surface area (Å²) in [6, 6.07) is 6.18. The molecule has 1 heterocycles. The Bertz CT molecular complexity index is 536. The smallest absolute Gasteiger partial charge is 0.124 e. The highest BCUT2D eigenvalue weighted by Gasteiger charge is 2.09. The van der Waals surface area contributed by atoms with Crippen LogP contribution < -0.4 is 0 Å². The zero-order valence-corrected chi connectivity index (χ0v) is 13.0. The van der Waals surface area contributed by atoms with E-state index in [1.807, 2.05) is 12.1 Å². The Morgan fingerprint density at radius 2 is 2.17 bits per heavy atom. The van der Waals surface area contributed by atoms with E-state index in [1.165, 1.54) is 0 Å². The Kier molecular flexibility index (Phi) is 4.65. The maximum atomic E-state index is 5.98. The van der Waals surface area contributed by atoms with Crippen molar-refractivity contribution in [1.29, 1.82) is 0 Å². The molecular formula is C13H17BrClN3. The van der Waals surface area contributed by atoms with Crippen LogP contribution in [0.1, 0.15) is 12.2 Å². The lowest BCUT2D eigenvalue weighted by atomic mass is 10.3. The van der Waals surface area contributed by atoms with Crippen molar-refractivity contribution in [2.24, 2.45) is 0 Å². The molecule has 1 aromatic carbocycles. The topological polar surface area (TPSA) is 21.1 Å². The van der Waals surface area contributed by atoms with Gasteiger partial charge in [0.05, 0.1) is 16.9 Å². The summed E-state index contributed by atoms with van der Waals surface area (Å²) in [7, 11) is 4.18. The summed E-state index contributed by atoms with van der Waals surface area (Å²) in [6.45, 7) is 2.02. The third kappa shape index (κ3) is 3.05. The second-order valence-corrected chi connectivity index (χ2v) is 5.79. The minimum Gasteiger partial charge on any atom is -0.327 e. The highest BCUT2D eigenvalue weighted by Crippen LogP contribution is 2.22. The molecule has 5 heteroatoms. The lowest BCUT2D eigenvalue weighted by Gasteiger charge is -2.11. The van der Waals surface area contributed by atoms with Crippen LogP contribution in [0.3, 0.4) is 0 Å². The molecule has 0 aliphatic carbocycles. The predicted octanol–water partition coefficient (Wildman–Crippen LogP) is 3.49. The molecule has 2 rings (SSSR count). The van der Waals surface area contributed by atoms with E-state index in [0.717, 1.165) is 40.8 Å². The van der Waals surface area contributed by atoms with Gasteiger partial charge in [-0.1, -0.05) is 15.9 Å². The highest BCUT2D eigenvalue weighted by atomic mass is 79.9. The Labute approximate surface area is 121 Å². The number of hydrogen-bond donors (Lipinski definition) is 0. The molecule has 0 bridgehead atoms. The third-order valence-corrected chi connectivity index (χ3v) is 3.63. The molecule has 3 nitrogen and oxygen atoms in total. The number of rotatable bonds is 5. The van der Waals surface area contributed by atoms with Crippen molar-refractivity contribution in [3.8, 4) is 0 Å². The van der Waals surface area contributed by atoms with Crippen LogP contribution in [0.25, 0.3) is 11.0 Å². The molecule has 0 amide bonds. The van der Waals surface area contributed by atoms with Gasteiger partial charge in [-0.05, 0) is 45.3 Å². The Morgan fingerprint density at radius 1 is 1.39 bits per heavy atom. The fraction of sp³-hybridized carbons (Fsp3) is 0.462. The molecule has 0 aliphatic rings. The zero-order valence-electron chi connectivity index (χ0n) is 10.7. The molecule has 0 saturated carbocycles. The van der Waals surface area contributed by atoms with Crippen molar-refractivity contribution in [3.63, 3.8) is 0 Å². The maximum Gasteiger partial charge on any atom is 0.124 e. The molecule has 1 aromatic heterocycles. The summed E-state index contributed by atoms with van der Waals surface area (Å²) in [4.78, 5) is 6.77. The number of alkyl halides is 1. The van der Waals surface area contributed by atoms with Crippen LogP contribution in [-0.4, -0.2) is 35.1 Å². The van der Waals surface area contributed by atoms with E-state index >= 15 is 0 Å². The summed E-state index contributed by atoms with van der Waals surface area (Å²) in [5.74, 6) is 1.40. The fourth-order valence-corrected chi connectivity index (χ4v) is 2.60. The molecule has 0 spiro atoms. The molecule has 0 radical (unpaired) electrons. The van der Waals surface area contributed by atoms with Crippen LogP contribution in [0.15, 0.2) is 22.7 Å². The summed E-state index contributed by atoms with van der Waals surface area (Å²) in [5, 5.41) is 0. The molecule has 0 saturated heterocycles. The van der Waals surface area contributed by atoms with Gasteiger partial charge in [0, 0.05) is 11.0 Å². The largest absolute Gasteiger partial charge is 0.327 e. The quantitative estimate of drug-likeness (QED) is 0.783. The SMILES string of the molecule is CN(C)CCCn1c(CCl)nc2cc(Br)ccc21. The van der Waals surface area contributed by atoms with Crippen molar-refractivity contribution in [2.75, 3.05) is 20.6 Å². The Balaban J connectivity index is 2.29. The average molecular weight is 331 g/mol. The van der Waals surface area contributed by atoms with Gasteiger partial charge < -0.3 is 9.47 Å². The number of hydrogen-bond acceptors (Lipinski definition) is 2. The molecule has 0 atom stereocenters. The van der Waals surface area contributed by atoms with Gasteiger partial charge in [0.1, 0.15) is 5.82 Å². The van der Waals surface area contributed by atoms with Gasteiger partial charge in [0.15, 0.2) is 0 Å². The summed E-state index contributed by atoms with van der Waals surface area (Å²) in [5.41, 5.74) is 2.16. The molecule has 18 heavy (non-hydrogen) atoms. The number of aryl methyl sites for hydroxylation is 1. The van der Waals surface area contributed by atoms with Gasteiger partial charge in [-0.2, -0.15) is 0 Å². The second-order valence-electron chi connectivity index (χ2n) is 4.60. The van der Waals surface area contributed by atoms with Crippen molar-refractivity contribution in [2.45, 2.75) is 18.8 Å². The number of imidazole rings is 1. The van der Waals surface area contributed by atoms with Crippen molar-refractivity contribution < 1.29 is 0 Å². The van der Waals surface area contributed by atoms with Gasteiger partial charge >= 0.3 is 0 Å². The molecule has 0 fully saturated rings. The number of aromatic nitrogens is 2. The molecule has 0 unspecified atom stereocenters. The van der Waals surface area contributed by atoms with E-state index in [0.29, 0.717) is 5.88 Å². The molecule has 2 aromatic rings. The third-order valence-electron chi connectivity index (χ3n) is 2.90. The minimum absolute atomic E-state index is 0.453. The first-order chi connectivity index (χ1) is 8.61. The van der Waals surface area contributed by atoms with Gasteiger partial charge in [0.25, 0.3) is 0 Å². The summed E-state index contributed by atoms with van der Waals surface area (Å²) in [6.07, 6.45) is 1.10. The highest BCUT2D eigenvalue weighted by molar-refractivity contribution is 9.10. The predicted molar refractivity (Wildman–Crippen MR) is 80.2 cm³/mol. The van der Waals surface area contributed by atoms with Crippen LogP contribution >= 0.6 is 27.5 Å². The van der Waals surface area contributed by atoms with E-state index in [4.69, 9.17) is 11.6 Å². The van der Waals surface area contributed by atoms with Crippen LogP contribution in [0.5, 0.6) is 0 Å². The maximum absolute atomic E-state index is 5.98. The molecule has 0 N–H and O–H groups in total. The van der Waals surface area contributed by atoms with Gasteiger partial charge in [-0.15, -0.1) is 11.6 Å². The fourth-order valence-electron chi connectivity index (χ4n) is 2.05. The van der Waals surface area contributed by atoms with Crippen LogP contribution in [-0.2, 0) is 12.4 Å². The molecular weight excluding hydrogens is 314 g/mol. The van der Waals surface area contributed by atoms with Crippen LogP contribution in [0.4, 0.5) is 0 Å². The second kappa shape index (κ2) is 6.04. The molecule has 0 aliphatic heterocycles. The standard InChI is InChI=1S/C13H17BrClN3/c1-17(2)6-3-7-18-12-5-4-10(14)8-11(12)16-13(18)9-15/h4-5,8H,3,6-7,9H2,1-2H3. The van der Waals surface area contributed by atoms with Crippen molar-refractivity contribution >= 4 is 38.6 Å². The first-order valence-electron chi connectivity index (χ1n) is 5.97. The van der Waals surface area contributed by atoms with E-state index in [2.05, 4.69) is 50.5 Å². The number of nitrogens with zero attached hydrogens (tertiary/aromatic N) is 3. The minimum atomic E-state index is 0.453. The van der Waals surface area contributed by atoms with Gasteiger partial charge in [0.2, 0.25) is 0 Å². The average Bonchev–Trinajstić information content (AvgIpc) is 2.66. The van der Waals surface area contributed by atoms with Crippen molar-refractivity contribution in [1.82, 2.24) is 14.5 Å². The number of fused-ring (bicyclic) bond motifs is 1. The normalized spacial score (nSPS) is 11.6. The van der Waals surface area contributed by atoms with Gasteiger partial charge in [-0.25, -0.2) is 4.98 Å². The first-order valence-corrected chi connectivity index (χ1v) is 7.30. The summed E-state index contributed by atoms with van der Waals surface area (Å²) < 4.78 is 3.27. The monoisotopic (exact) mass is 329 g/mol. The zero-order chi connectivity index (χ0) is 13.1. The van der Waals surface area contributed by atoms with E-state index in [9.17, 15) is 0 Å². The van der Waals surface area contributed by atoms with Crippen molar-refractivity contribution in [3.05, 3.63) is 28.5 Å². The Morgan fingerprint density at radius 3 is 2.83 bits per heavy atom. The lowest BCUT2D eigenvalue weighted by molar-refractivity contribution is 0.386. The Hall–Kier alpha value is -0.580. The van der Waals surface area contributed by atoms with E-state index < -0.39 is 0 Å². The van der Waals surface area contributed by atoms with Gasteiger partial charge in [-0.3, -0.25) is 0 Å². The first kappa shape index (κ1) is 13.8. The van der Waals surface area contributed by atoms with E-state index in [-0.39, 0.29) is 0 Å².